The molecule has 3 rings (SSSR count). The molecule has 2 aromatic carbocycles. The Kier molecular flexibility index (Phi) is 6.92. The molecule has 33 heavy (non-hydrogen) atoms. The van der Waals surface area contributed by atoms with E-state index in [1.807, 2.05) is 0 Å². The summed E-state index contributed by atoms with van der Waals surface area (Å²) in [6.45, 7) is 1.08. The van der Waals surface area contributed by atoms with E-state index in [9.17, 15) is 26.4 Å². The zero-order valence-electron chi connectivity index (χ0n) is 17.3. The molecule has 176 valence electrons. The van der Waals surface area contributed by atoms with Crippen molar-refractivity contribution in [2.75, 3.05) is 5.32 Å². The lowest BCUT2D eigenvalue weighted by molar-refractivity contribution is -0.199. The van der Waals surface area contributed by atoms with Crippen molar-refractivity contribution in [3.63, 3.8) is 0 Å². The number of ether oxygens (including phenoxy) is 1. The maximum absolute atomic E-state index is 13.1. The van der Waals surface area contributed by atoms with E-state index in [-0.39, 0.29) is 39.9 Å². The van der Waals surface area contributed by atoms with Crippen LogP contribution in [0.25, 0.3) is 0 Å². The molecular weight excluding hydrogens is 481 g/mol. The Bertz CT molecular complexity index is 1240. The quantitative estimate of drug-likeness (QED) is 0.542. The highest BCUT2D eigenvalue weighted by Crippen LogP contribution is 2.44. The van der Waals surface area contributed by atoms with Gasteiger partial charge in [0, 0.05) is 5.69 Å². The number of alkyl halides is 3. The first-order valence-corrected chi connectivity index (χ1v) is 11.5. The SMILES string of the molecule is CC1(C(F)(F)F)C=CC(CC(=O)Nc2ccc(Oc3ccccc3Cl)c(S(N)(=O)=O)c2)=CC1. The Labute approximate surface area is 193 Å². The lowest BCUT2D eigenvalue weighted by Crippen LogP contribution is -2.34. The van der Waals surface area contributed by atoms with Gasteiger partial charge in [0.2, 0.25) is 15.9 Å². The number of hydrogen-bond acceptors (Lipinski definition) is 4. The number of halogens is 4. The molecule has 0 fully saturated rings. The highest BCUT2D eigenvalue weighted by atomic mass is 35.5. The Morgan fingerprint density at radius 1 is 1.21 bits per heavy atom. The molecule has 0 aromatic heterocycles. The minimum atomic E-state index is -4.40. The van der Waals surface area contributed by atoms with Crippen molar-refractivity contribution < 1.29 is 31.1 Å². The molecule has 6 nitrogen and oxygen atoms in total. The van der Waals surface area contributed by atoms with Crippen LogP contribution in [0.3, 0.4) is 0 Å². The number of carbonyl (C=O) groups is 1. The lowest BCUT2D eigenvalue weighted by Gasteiger charge is -2.30. The monoisotopic (exact) mass is 500 g/mol. The number of allylic oxidation sites excluding steroid dienone is 3. The molecule has 1 aliphatic carbocycles. The molecule has 0 radical (unpaired) electrons. The summed E-state index contributed by atoms with van der Waals surface area (Å²) in [7, 11) is -4.23. The Hall–Kier alpha value is -2.82. The maximum Gasteiger partial charge on any atom is 0.397 e. The average Bonchev–Trinajstić information content (AvgIpc) is 2.71. The van der Waals surface area contributed by atoms with Crippen molar-refractivity contribution in [2.24, 2.45) is 10.6 Å². The maximum atomic E-state index is 13.1. The number of amides is 1. The molecular formula is C22H20ClF3N2O4S. The fourth-order valence-electron chi connectivity index (χ4n) is 3.04. The first-order valence-electron chi connectivity index (χ1n) is 9.63. The summed E-state index contributed by atoms with van der Waals surface area (Å²) in [6, 6.07) is 10.3. The lowest BCUT2D eigenvalue weighted by atomic mass is 9.81. The minimum absolute atomic E-state index is 0.0899. The number of anilines is 1. The van der Waals surface area contributed by atoms with E-state index < -0.39 is 27.5 Å². The number of nitrogens with two attached hydrogens (primary N) is 1. The van der Waals surface area contributed by atoms with Crippen molar-refractivity contribution in [3.8, 4) is 11.5 Å². The molecule has 0 saturated carbocycles. The van der Waals surface area contributed by atoms with Gasteiger partial charge in [0.25, 0.3) is 0 Å². The van der Waals surface area contributed by atoms with Crippen molar-refractivity contribution in [2.45, 2.75) is 30.8 Å². The zero-order chi connectivity index (χ0) is 24.4. The predicted octanol–water partition coefficient (Wildman–Crippen LogP) is 5.56. The molecule has 1 unspecified atom stereocenters. The van der Waals surface area contributed by atoms with Gasteiger partial charge in [-0.1, -0.05) is 42.0 Å². The molecule has 1 atom stereocenters. The van der Waals surface area contributed by atoms with Gasteiger partial charge >= 0.3 is 6.18 Å². The molecule has 11 heteroatoms. The van der Waals surface area contributed by atoms with Crippen LogP contribution < -0.4 is 15.2 Å². The van der Waals surface area contributed by atoms with Crippen molar-refractivity contribution in [3.05, 3.63) is 71.3 Å². The largest absolute Gasteiger partial charge is 0.454 e. The van der Waals surface area contributed by atoms with Crippen LogP contribution >= 0.6 is 11.6 Å². The number of primary sulfonamides is 1. The van der Waals surface area contributed by atoms with E-state index in [1.54, 1.807) is 24.3 Å². The van der Waals surface area contributed by atoms with Gasteiger partial charge in [-0.05, 0) is 49.2 Å². The number of sulfonamides is 1. The van der Waals surface area contributed by atoms with Gasteiger partial charge in [0.15, 0.2) is 0 Å². The summed E-state index contributed by atoms with van der Waals surface area (Å²) < 4.78 is 69.0. The van der Waals surface area contributed by atoms with Gasteiger partial charge in [-0.3, -0.25) is 4.79 Å². The first-order chi connectivity index (χ1) is 15.3. The minimum Gasteiger partial charge on any atom is -0.454 e. The molecule has 0 heterocycles. The first kappa shape index (κ1) is 24.8. The molecule has 2 aromatic rings. The van der Waals surface area contributed by atoms with Crippen molar-refractivity contribution >= 4 is 33.2 Å². The highest BCUT2D eigenvalue weighted by molar-refractivity contribution is 7.89. The second-order valence-electron chi connectivity index (χ2n) is 7.70. The molecule has 3 N–H and O–H groups in total. The summed E-state index contributed by atoms with van der Waals surface area (Å²) in [5.74, 6) is -0.419. The van der Waals surface area contributed by atoms with Gasteiger partial charge in [-0.25, -0.2) is 13.6 Å². The fraction of sp³-hybridized carbons (Fsp3) is 0.227. The summed E-state index contributed by atoms with van der Waals surface area (Å²) in [6.07, 6.45) is -1.19. The average molecular weight is 501 g/mol. The van der Waals surface area contributed by atoms with Crippen LogP contribution in [0.5, 0.6) is 11.5 Å². The van der Waals surface area contributed by atoms with E-state index in [0.29, 0.717) is 5.57 Å². The standard InChI is InChI=1S/C22H20ClF3N2O4S/c1-21(22(24,25)26)10-8-14(9-11-21)12-20(29)28-15-6-7-18(19(13-15)33(27,30)31)32-17-5-3-2-4-16(17)23/h2-10,13H,11-12H2,1H3,(H,28,29)(H2,27,30,31). The number of nitrogens with one attached hydrogen (secondary N) is 1. The van der Waals surface area contributed by atoms with Crippen LogP contribution in [0.15, 0.2) is 71.2 Å². The normalized spacial score (nSPS) is 18.5. The zero-order valence-corrected chi connectivity index (χ0v) is 18.9. The molecule has 1 amide bonds. The third-order valence-electron chi connectivity index (χ3n) is 5.06. The number of carbonyl (C=O) groups excluding carboxylic acids is 1. The van der Waals surface area contributed by atoms with Crippen LogP contribution in [0.1, 0.15) is 19.8 Å². The van der Waals surface area contributed by atoms with E-state index in [1.165, 1.54) is 24.3 Å². The summed E-state index contributed by atoms with van der Waals surface area (Å²) in [5, 5.41) is 8.07. The Morgan fingerprint density at radius 2 is 1.91 bits per heavy atom. The van der Waals surface area contributed by atoms with Gasteiger partial charge in [-0.15, -0.1) is 0 Å². The highest BCUT2D eigenvalue weighted by Gasteiger charge is 2.49. The molecule has 0 aliphatic heterocycles. The number of hydrogen-bond donors (Lipinski definition) is 2. The van der Waals surface area contributed by atoms with Crippen LogP contribution in [-0.2, 0) is 14.8 Å². The van der Waals surface area contributed by atoms with Gasteiger partial charge in [-0.2, -0.15) is 13.2 Å². The van der Waals surface area contributed by atoms with E-state index in [4.69, 9.17) is 21.5 Å². The van der Waals surface area contributed by atoms with Crippen LogP contribution in [0.2, 0.25) is 5.02 Å². The van der Waals surface area contributed by atoms with Crippen molar-refractivity contribution in [1.29, 1.82) is 0 Å². The fourth-order valence-corrected chi connectivity index (χ4v) is 3.90. The van der Waals surface area contributed by atoms with E-state index >= 15 is 0 Å². The van der Waals surface area contributed by atoms with Crippen LogP contribution in [-0.4, -0.2) is 20.5 Å². The third-order valence-corrected chi connectivity index (χ3v) is 6.30. The topological polar surface area (TPSA) is 98.5 Å². The second kappa shape index (κ2) is 9.20. The predicted molar refractivity (Wildman–Crippen MR) is 119 cm³/mol. The number of para-hydroxylation sites is 1. The van der Waals surface area contributed by atoms with Crippen molar-refractivity contribution in [1.82, 2.24) is 0 Å². The second-order valence-corrected chi connectivity index (χ2v) is 9.63. The molecule has 1 aliphatic rings. The Morgan fingerprint density at radius 3 is 2.48 bits per heavy atom. The molecule has 0 saturated heterocycles. The Balaban J connectivity index is 1.75. The van der Waals surface area contributed by atoms with E-state index in [0.717, 1.165) is 19.1 Å². The van der Waals surface area contributed by atoms with Crippen LogP contribution in [0.4, 0.5) is 18.9 Å². The van der Waals surface area contributed by atoms with E-state index in [2.05, 4.69) is 5.32 Å². The summed E-state index contributed by atoms with van der Waals surface area (Å²) >= 11 is 6.04. The van der Waals surface area contributed by atoms with Gasteiger partial charge in [0.1, 0.15) is 16.4 Å². The summed E-state index contributed by atoms with van der Waals surface area (Å²) in [5.41, 5.74) is -1.44. The van der Waals surface area contributed by atoms with Gasteiger partial charge < -0.3 is 10.1 Å². The third kappa shape index (κ3) is 5.95. The molecule has 0 bridgehead atoms. The van der Waals surface area contributed by atoms with Gasteiger partial charge in [0.05, 0.1) is 16.9 Å². The number of rotatable bonds is 6. The summed E-state index contributed by atoms with van der Waals surface area (Å²) in [4.78, 5) is 12.0. The molecule has 0 spiro atoms. The number of benzene rings is 2. The van der Waals surface area contributed by atoms with Crippen LogP contribution in [0, 0.1) is 5.41 Å². The smallest absolute Gasteiger partial charge is 0.397 e.